The summed E-state index contributed by atoms with van der Waals surface area (Å²) in [5, 5.41) is 37.5. The van der Waals surface area contributed by atoms with Gasteiger partial charge < -0.3 is 71.0 Å². The number of rotatable bonds is 0. The summed E-state index contributed by atoms with van der Waals surface area (Å²) in [7, 11) is 0. The van der Waals surface area contributed by atoms with E-state index in [0.717, 1.165) is 0 Å². The Balaban J connectivity index is -0.00000000321. The average molecular weight is 468 g/mol. The molecule has 0 aliphatic carbocycles. The number of hydrogen-bond acceptors (Lipinski definition) is 6. The molecule has 0 aliphatic rings. The van der Waals surface area contributed by atoms with Gasteiger partial charge in [0.1, 0.15) is 0 Å². The molecule has 0 saturated carbocycles. The Kier molecular flexibility index (Phi) is 2950. The van der Waals surface area contributed by atoms with Gasteiger partial charge in [-0.2, -0.15) is 0 Å². The molecule has 0 aromatic rings. The molecule has 0 fully saturated rings. The van der Waals surface area contributed by atoms with Crippen LogP contribution in [0.2, 0.25) is 0 Å². The topological polar surface area (TPSA) is 143 Å². The summed E-state index contributed by atoms with van der Waals surface area (Å²) in [5.74, 6) is 0. The molecule has 0 rings (SSSR count). The van der Waals surface area contributed by atoms with Crippen LogP contribution in [0.5, 0.6) is 0 Å². The van der Waals surface area contributed by atoms with E-state index >= 15 is 0 Å². The fourth-order valence-corrected chi connectivity index (χ4v) is 0. The molecule has 16 heavy (non-hydrogen) atoms. The Hall–Kier alpha value is 2.88. The van der Waals surface area contributed by atoms with Crippen molar-refractivity contribution >= 4 is 116 Å². The zero-order chi connectivity index (χ0) is 12.0. The van der Waals surface area contributed by atoms with Gasteiger partial charge in [-0.15, -0.1) is 0 Å². The van der Waals surface area contributed by atoms with Gasteiger partial charge in [0.15, 0.2) is 0 Å². The standard InChI is InChI=1S/6CN.Fe.3Rb/c6*1-2;;;;/q6*-1;+5;;;+1. The van der Waals surface area contributed by atoms with Gasteiger partial charge in [0.05, 0.1) is 0 Å². The second-order valence-electron chi connectivity index (χ2n) is 0. The minimum absolute atomic E-state index is 0. The molecule has 0 amide bonds. The molecule has 0 aliphatic heterocycles. The molecular formula is C6FeN6Rb3. The van der Waals surface area contributed by atoms with Crippen LogP contribution in [0, 0.1) is 71.0 Å². The van der Waals surface area contributed by atoms with E-state index in [1.54, 1.807) is 0 Å². The summed E-state index contributed by atoms with van der Waals surface area (Å²) >= 11 is 0. The second-order valence-corrected chi connectivity index (χ2v) is 0. The van der Waals surface area contributed by atoms with Gasteiger partial charge >= 0.3 is 75.3 Å². The van der Waals surface area contributed by atoms with Crippen LogP contribution in [0.4, 0.5) is 0 Å². The molecule has 0 bridgehead atoms. The van der Waals surface area contributed by atoms with Crippen molar-refractivity contribution in [1.82, 2.24) is 0 Å². The van der Waals surface area contributed by atoms with Crippen LogP contribution < -0.4 is 58.2 Å². The summed E-state index contributed by atoms with van der Waals surface area (Å²) in [6, 6.07) is 0. The number of nitrogens with zero attached hydrogens (tertiary/aromatic N) is 6. The van der Waals surface area contributed by atoms with E-state index in [9.17, 15) is 0 Å². The van der Waals surface area contributed by atoms with Crippen LogP contribution in [0.1, 0.15) is 0 Å². The van der Waals surface area contributed by atoms with Crippen LogP contribution in [0.3, 0.4) is 0 Å². The van der Waals surface area contributed by atoms with Crippen LogP contribution in [0.25, 0.3) is 0 Å². The summed E-state index contributed by atoms with van der Waals surface area (Å²) < 4.78 is 0. The summed E-state index contributed by atoms with van der Waals surface area (Å²) in [5.41, 5.74) is 0. The molecule has 0 aromatic carbocycles. The molecule has 0 saturated heterocycles. The predicted octanol–water partition coefficient (Wildman–Crippen LogP) is -3.18. The van der Waals surface area contributed by atoms with Crippen LogP contribution in [-0.4, -0.2) is 116 Å². The molecule has 10 heteroatoms. The molecular weight excluding hydrogens is 468 g/mol. The molecule has 0 spiro atoms. The quantitative estimate of drug-likeness (QED) is 0.271. The Labute approximate surface area is 254 Å². The van der Waals surface area contributed by atoms with Crippen molar-refractivity contribution in [1.29, 1.82) is 31.6 Å². The van der Waals surface area contributed by atoms with Crippen molar-refractivity contribution in [3.05, 3.63) is 39.4 Å². The van der Waals surface area contributed by atoms with E-state index in [2.05, 4.69) is 0 Å². The molecule has 0 heterocycles. The smallest absolute Gasteiger partial charge is 0.512 e. The average Bonchev–Trinajstić information content (AvgIpc) is 2.33. The monoisotopic (exact) mass is 467 g/mol. The maximum absolute atomic E-state index is 6.25. The van der Waals surface area contributed by atoms with Crippen LogP contribution in [0.15, 0.2) is 0 Å². The Morgan fingerprint density at radius 3 is 0.375 bits per heavy atom. The van der Waals surface area contributed by atoms with Gasteiger partial charge in [-0.1, -0.05) is 0 Å². The SMILES string of the molecule is [C-]#N.[C-]#N.[C-]#N.[C-]#N.[C-]#N.[C-]#N.[Fe+5].[Rb+].[Rb].[Rb]. The third kappa shape index (κ3) is 514. The van der Waals surface area contributed by atoms with E-state index in [1.807, 2.05) is 0 Å². The molecule has 6 nitrogen and oxygen atoms in total. The van der Waals surface area contributed by atoms with Crippen LogP contribution >= 0.6 is 0 Å². The van der Waals surface area contributed by atoms with Gasteiger partial charge in [-0.25, -0.2) is 0 Å². The fraction of sp³-hybridized carbons (Fsp3) is 0. The van der Waals surface area contributed by atoms with Crippen molar-refractivity contribution in [3.63, 3.8) is 0 Å². The Morgan fingerprint density at radius 1 is 0.375 bits per heavy atom. The molecule has 0 aromatic heterocycles. The maximum Gasteiger partial charge on any atom is 5.00 e. The first kappa shape index (κ1) is 76.6. The zero-order valence-electron chi connectivity index (χ0n) is 9.04. The van der Waals surface area contributed by atoms with Crippen molar-refractivity contribution in [2.24, 2.45) is 0 Å². The van der Waals surface area contributed by atoms with Gasteiger partial charge in [0.2, 0.25) is 0 Å². The van der Waals surface area contributed by atoms with Gasteiger partial charge in [0, 0.05) is 116 Å². The molecule has 3 radical (unpaired) electrons. The normalized spacial score (nSPS) is 0.750. The largest absolute Gasteiger partial charge is 5.00 e. The first-order valence-electron chi connectivity index (χ1n) is 1.34. The summed E-state index contributed by atoms with van der Waals surface area (Å²) in [6.07, 6.45) is 0. The van der Waals surface area contributed by atoms with E-state index in [-0.39, 0.29) is 192 Å². The minimum Gasteiger partial charge on any atom is -0.512 e. The molecule has 0 unspecified atom stereocenters. The van der Waals surface area contributed by atoms with E-state index in [1.165, 1.54) is 0 Å². The maximum atomic E-state index is 6.25. The van der Waals surface area contributed by atoms with Gasteiger partial charge in [-0.05, 0) is 0 Å². The zero-order valence-corrected chi connectivity index (χ0v) is 24.9. The van der Waals surface area contributed by atoms with Crippen molar-refractivity contribution < 1.29 is 75.3 Å². The summed E-state index contributed by atoms with van der Waals surface area (Å²) in [6.45, 7) is 28.5. The van der Waals surface area contributed by atoms with E-state index in [0.29, 0.717) is 0 Å². The first-order chi connectivity index (χ1) is 6.00. The van der Waals surface area contributed by atoms with E-state index in [4.69, 9.17) is 71.0 Å². The number of hydrogen-bond donors (Lipinski definition) is 0. The second kappa shape index (κ2) is 616. The van der Waals surface area contributed by atoms with Crippen molar-refractivity contribution in [3.8, 4) is 0 Å². The van der Waals surface area contributed by atoms with E-state index < -0.39 is 0 Å². The fourth-order valence-electron chi connectivity index (χ4n) is 0. The van der Waals surface area contributed by atoms with Gasteiger partial charge in [-0.3, -0.25) is 0 Å². The summed E-state index contributed by atoms with van der Waals surface area (Å²) in [4.78, 5) is 0. The third-order valence-corrected chi connectivity index (χ3v) is 0. The molecule has 0 atom stereocenters. The van der Waals surface area contributed by atoms with Crippen molar-refractivity contribution in [2.45, 2.75) is 0 Å². The minimum atomic E-state index is 0. The third-order valence-electron chi connectivity index (χ3n) is 0. The van der Waals surface area contributed by atoms with Crippen LogP contribution in [-0.2, 0) is 17.1 Å². The Morgan fingerprint density at radius 2 is 0.375 bits per heavy atom. The van der Waals surface area contributed by atoms with Gasteiger partial charge in [0.25, 0.3) is 0 Å². The van der Waals surface area contributed by atoms with Crippen molar-refractivity contribution in [2.75, 3.05) is 0 Å². The molecule has 0 N–H and O–H groups in total. The first-order valence-corrected chi connectivity index (χ1v) is 1.34. The predicted molar refractivity (Wildman–Crippen MR) is 41.3 cm³/mol. The molecule has 65 valence electrons. The Bertz CT molecular complexity index is 103.